The van der Waals surface area contributed by atoms with Crippen LogP contribution < -0.4 is 5.73 Å². The van der Waals surface area contributed by atoms with E-state index in [1.54, 1.807) is 11.6 Å². The first-order valence-electron chi connectivity index (χ1n) is 5.69. The number of rotatable bonds is 6. The van der Waals surface area contributed by atoms with E-state index in [1.165, 1.54) is 6.33 Å². The average molecular weight is 240 g/mol. The molecule has 1 atom stereocenters. The lowest BCUT2D eigenvalue weighted by atomic mass is 9.86. The Morgan fingerprint density at radius 2 is 2.29 bits per heavy atom. The first-order valence-corrected chi connectivity index (χ1v) is 5.69. The van der Waals surface area contributed by atoms with E-state index in [1.807, 2.05) is 0 Å². The summed E-state index contributed by atoms with van der Waals surface area (Å²) in [5.41, 5.74) is 4.55. The molecule has 3 N–H and O–H groups in total. The van der Waals surface area contributed by atoms with Crippen molar-refractivity contribution in [2.45, 2.75) is 33.7 Å². The Bertz CT molecular complexity index is 389. The lowest BCUT2D eigenvalue weighted by Gasteiger charge is -2.22. The van der Waals surface area contributed by atoms with Crippen molar-refractivity contribution in [3.8, 4) is 0 Å². The summed E-state index contributed by atoms with van der Waals surface area (Å²) < 4.78 is 1.75. The molecule has 1 unspecified atom stereocenters. The number of carboxylic acids is 1. The summed E-state index contributed by atoms with van der Waals surface area (Å²) in [4.78, 5) is 15.3. The van der Waals surface area contributed by atoms with Crippen LogP contribution in [0.3, 0.4) is 0 Å². The van der Waals surface area contributed by atoms with Gasteiger partial charge in [0.15, 0.2) is 0 Å². The van der Waals surface area contributed by atoms with Crippen molar-refractivity contribution in [3.05, 3.63) is 12.2 Å². The molecule has 96 valence electrons. The molecule has 0 radical (unpaired) electrons. The number of nitrogens with two attached hydrogens (primary N) is 1. The lowest BCUT2D eigenvalue weighted by molar-refractivity contribution is -0.147. The predicted octanol–water partition coefficient (Wildman–Crippen LogP) is 0.526. The SMILES string of the molecule is CC(C)Cn1ncnc1CC(C)(CN)C(=O)O. The molecule has 0 saturated carbocycles. The van der Waals surface area contributed by atoms with Gasteiger partial charge in [-0.05, 0) is 12.8 Å². The molecule has 0 aliphatic heterocycles. The Balaban J connectivity index is 2.87. The molecule has 1 heterocycles. The van der Waals surface area contributed by atoms with Crippen LogP contribution in [0.2, 0.25) is 0 Å². The molecule has 17 heavy (non-hydrogen) atoms. The normalized spacial score (nSPS) is 14.9. The van der Waals surface area contributed by atoms with Gasteiger partial charge in [0.2, 0.25) is 0 Å². The fourth-order valence-corrected chi connectivity index (χ4v) is 1.51. The van der Waals surface area contributed by atoms with Crippen LogP contribution in [0.15, 0.2) is 6.33 Å². The third-order valence-electron chi connectivity index (χ3n) is 2.75. The minimum absolute atomic E-state index is 0.0802. The van der Waals surface area contributed by atoms with E-state index in [2.05, 4.69) is 23.9 Å². The number of carboxylic acid groups (broad SMARTS) is 1. The number of hydrogen-bond donors (Lipinski definition) is 2. The first-order chi connectivity index (χ1) is 7.89. The highest BCUT2D eigenvalue weighted by atomic mass is 16.4. The van der Waals surface area contributed by atoms with E-state index in [-0.39, 0.29) is 6.54 Å². The number of hydrogen-bond acceptors (Lipinski definition) is 4. The molecule has 1 aromatic heterocycles. The second-order valence-electron chi connectivity index (χ2n) is 5.00. The molecule has 6 nitrogen and oxygen atoms in total. The summed E-state index contributed by atoms with van der Waals surface area (Å²) in [5.74, 6) is 0.206. The predicted molar refractivity (Wildman–Crippen MR) is 63.4 cm³/mol. The summed E-state index contributed by atoms with van der Waals surface area (Å²) in [6.45, 7) is 6.59. The minimum Gasteiger partial charge on any atom is -0.481 e. The Hall–Kier alpha value is -1.43. The van der Waals surface area contributed by atoms with E-state index in [4.69, 9.17) is 10.8 Å². The van der Waals surface area contributed by atoms with E-state index < -0.39 is 11.4 Å². The monoisotopic (exact) mass is 240 g/mol. The van der Waals surface area contributed by atoms with Gasteiger partial charge in [0.1, 0.15) is 12.2 Å². The molecule has 0 amide bonds. The third-order valence-corrected chi connectivity index (χ3v) is 2.75. The number of aliphatic carboxylic acids is 1. The Morgan fingerprint density at radius 1 is 1.65 bits per heavy atom. The van der Waals surface area contributed by atoms with Crippen molar-refractivity contribution in [2.75, 3.05) is 6.54 Å². The fourth-order valence-electron chi connectivity index (χ4n) is 1.51. The van der Waals surface area contributed by atoms with E-state index in [0.717, 1.165) is 6.54 Å². The third kappa shape index (κ3) is 3.26. The van der Waals surface area contributed by atoms with Crippen molar-refractivity contribution in [3.63, 3.8) is 0 Å². The summed E-state index contributed by atoms with van der Waals surface area (Å²) in [5, 5.41) is 13.3. The zero-order chi connectivity index (χ0) is 13.1. The van der Waals surface area contributed by atoms with Crippen LogP contribution in [-0.2, 0) is 17.8 Å². The molecule has 1 aromatic rings. The fraction of sp³-hybridized carbons (Fsp3) is 0.727. The Kier molecular flexibility index (Phi) is 4.22. The van der Waals surface area contributed by atoms with Crippen molar-refractivity contribution in [1.29, 1.82) is 0 Å². The molecule has 0 saturated heterocycles. The van der Waals surface area contributed by atoms with E-state index in [9.17, 15) is 4.79 Å². The van der Waals surface area contributed by atoms with Crippen LogP contribution in [0.5, 0.6) is 0 Å². The van der Waals surface area contributed by atoms with Gasteiger partial charge < -0.3 is 10.8 Å². The second kappa shape index (κ2) is 5.27. The molecule has 0 spiro atoms. The Morgan fingerprint density at radius 3 is 2.76 bits per heavy atom. The highest BCUT2D eigenvalue weighted by Gasteiger charge is 2.33. The summed E-state index contributed by atoms with van der Waals surface area (Å²) >= 11 is 0. The van der Waals surface area contributed by atoms with Crippen LogP contribution >= 0.6 is 0 Å². The smallest absolute Gasteiger partial charge is 0.311 e. The molecule has 0 aliphatic carbocycles. The number of aromatic nitrogens is 3. The largest absolute Gasteiger partial charge is 0.481 e. The van der Waals surface area contributed by atoms with Crippen LogP contribution in [0, 0.1) is 11.3 Å². The summed E-state index contributed by atoms with van der Waals surface area (Å²) in [7, 11) is 0. The molecule has 0 aliphatic rings. The van der Waals surface area contributed by atoms with Gasteiger partial charge in [0.25, 0.3) is 0 Å². The van der Waals surface area contributed by atoms with Crippen LogP contribution in [0.1, 0.15) is 26.6 Å². The van der Waals surface area contributed by atoms with Crippen LogP contribution in [0.25, 0.3) is 0 Å². The van der Waals surface area contributed by atoms with Gasteiger partial charge in [-0.15, -0.1) is 0 Å². The van der Waals surface area contributed by atoms with Gasteiger partial charge in [-0.25, -0.2) is 9.67 Å². The Labute approximate surface area is 101 Å². The molecule has 0 aromatic carbocycles. The van der Waals surface area contributed by atoms with Gasteiger partial charge in [-0.2, -0.15) is 5.10 Å². The lowest BCUT2D eigenvalue weighted by Crippen LogP contribution is -2.38. The molecule has 0 bridgehead atoms. The zero-order valence-corrected chi connectivity index (χ0v) is 10.6. The van der Waals surface area contributed by atoms with Crippen molar-refractivity contribution in [2.24, 2.45) is 17.1 Å². The van der Waals surface area contributed by atoms with E-state index >= 15 is 0 Å². The molecule has 6 heteroatoms. The first kappa shape index (κ1) is 13.6. The van der Waals surface area contributed by atoms with Crippen molar-refractivity contribution in [1.82, 2.24) is 14.8 Å². The average Bonchev–Trinajstić information content (AvgIpc) is 2.64. The standard InChI is InChI=1S/C11H20N4O2/c1-8(2)5-15-9(13-7-14-15)4-11(3,6-12)10(16)17/h7-8H,4-6,12H2,1-3H3,(H,16,17). The van der Waals surface area contributed by atoms with Crippen LogP contribution in [-0.4, -0.2) is 32.4 Å². The highest BCUT2D eigenvalue weighted by Crippen LogP contribution is 2.20. The summed E-state index contributed by atoms with van der Waals surface area (Å²) in [6, 6.07) is 0. The molecular formula is C11H20N4O2. The van der Waals surface area contributed by atoms with Gasteiger partial charge >= 0.3 is 5.97 Å². The maximum absolute atomic E-state index is 11.2. The number of nitrogens with zero attached hydrogens (tertiary/aromatic N) is 3. The maximum atomic E-state index is 11.2. The van der Waals surface area contributed by atoms with Gasteiger partial charge in [0.05, 0.1) is 5.41 Å². The molecule has 0 fully saturated rings. The second-order valence-corrected chi connectivity index (χ2v) is 5.00. The molecular weight excluding hydrogens is 220 g/mol. The maximum Gasteiger partial charge on any atom is 0.311 e. The van der Waals surface area contributed by atoms with Crippen molar-refractivity contribution >= 4 is 5.97 Å². The van der Waals surface area contributed by atoms with Crippen LogP contribution in [0.4, 0.5) is 0 Å². The van der Waals surface area contributed by atoms with Gasteiger partial charge in [-0.1, -0.05) is 13.8 Å². The topological polar surface area (TPSA) is 94.0 Å². The quantitative estimate of drug-likeness (QED) is 0.756. The molecule has 1 rings (SSSR count). The van der Waals surface area contributed by atoms with Gasteiger partial charge in [-0.3, -0.25) is 4.79 Å². The zero-order valence-electron chi connectivity index (χ0n) is 10.6. The van der Waals surface area contributed by atoms with Gasteiger partial charge in [0, 0.05) is 19.5 Å². The van der Waals surface area contributed by atoms with E-state index in [0.29, 0.717) is 18.2 Å². The minimum atomic E-state index is -0.984. The summed E-state index contributed by atoms with van der Waals surface area (Å²) in [6.07, 6.45) is 1.75. The number of carbonyl (C=O) groups is 1. The van der Waals surface area contributed by atoms with Crippen molar-refractivity contribution < 1.29 is 9.90 Å². The highest BCUT2D eigenvalue weighted by molar-refractivity contribution is 5.74.